The van der Waals surface area contributed by atoms with Crippen LogP contribution in [0.25, 0.3) is 11.0 Å². The zero-order chi connectivity index (χ0) is 11.7. The Morgan fingerprint density at radius 3 is 3.06 bits per heavy atom. The van der Waals surface area contributed by atoms with E-state index in [1.165, 1.54) is 12.8 Å². The minimum atomic E-state index is -0.354. The summed E-state index contributed by atoms with van der Waals surface area (Å²) in [6.07, 6.45) is 3.94. The summed E-state index contributed by atoms with van der Waals surface area (Å²) in [5.74, 6) is 0. The van der Waals surface area contributed by atoms with Crippen molar-refractivity contribution in [2.24, 2.45) is 0 Å². The molecule has 1 saturated carbocycles. The van der Waals surface area contributed by atoms with Gasteiger partial charge in [-0.2, -0.15) is 0 Å². The largest absolute Gasteiger partial charge is 0.390 e. The highest BCUT2D eigenvalue weighted by atomic mass is 16.3. The van der Waals surface area contributed by atoms with Crippen molar-refractivity contribution in [1.82, 2.24) is 14.9 Å². The maximum atomic E-state index is 9.95. The SMILES string of the molecule is OC(CNC1CC1)Cn1cnc2ccccc21. The molecule has 0 bridgehead atoms. The van der Waals surface area contributed by atoms with Crippen LogP contribution in [0.2, 0.25) is 0 Å². The van der Waals surface area contributed by atoms with Gasteiger partial charge in [0.1, 0.15) is 0 Å². The average Bonchev–Trinajstić information content (AvgIpc) is 3.10. The van der Waals surface area contributed by atoms with Gasteiger partial charge in [-0.25, -0.2) is 4.98 Å². The van der Waals surface area contributed by atoms with Gasteiger partial charge in [-0.3, -0.25) is 0 Å². The van der Waals surface area contributed by atoms with E-state index in [9.17, 15) is 5.11 Å². The second-order valence-corrected chi connectivity index (χ2v) is 4.72. The Morgan fingerprint density at radius 1 is 1.41 bits per heavy atom. The molecule has 1 aromatic heterocycles. The molecule has 4 nitrogen and oxygen atoms in total. The number of aromatic nitrogens is 2. The number of hydrogen-bond acceptors (Lipinski definition) is 3. The molecule has 1 aliphatic carbocycles. The quantitative estimate of drug-likeness (QED) is 0.811. The van der Waals surface area contributed by atoms with Crippen molar-refractivity contribution in [2.75, 3.05) is 6.54 Å². The third-order valence-corrected chi connectivity index (χ3v) is 3.15. The fourth-order valence-electron chi connectivity index (χ4n) is 2.04. The minimum Gasteiger partial charge on any atom is -0.390 e. The van der Waals surface area contributed by atoms with Crippen molar-refractivity contribution in [1.29, 1.82) is 0 Å². The van der Waals surface area contributed by atoms with Crippen LogP contribution in [-0.2, 0) is 6.54 Å². The molecule has 2 N–H and O–H groups in total. The van der Waals surface area contributed by atoms with E-state index in [1.807, 2.05) is 28.8 Å². The van der Waals surface area contributed by atoms with Crippen LogP contribution in [-0.4, -0.2) is 33.3 Å². The Labute approximate surface area is 100 Å². The maximum Gasteiger partial charge on any atom is 0.0959 e. The molecule has 1 aliphatic rings. The number of benzene rings is 1. The molecule has 0 saturated heterocycles. The van der Waals surface area contributed by atoms with Crippen LogP contribution in [0.4, 0.5) is 0 Å². The topological polar surface area (TPSA) is 50.1 Å². The molecule has 4 heteroatoms. The number of imidazole rings is 1. The zero-order valence-electron chi connectivity index (χ0n) is 9.71. The predicted molar refractivity (Wildman–Crippen MR) is 66.8 cm³/mol. The van der Waals surface area contributed by atoms with E-state index in [0.717, 1.165) is 11.0 Å². The number of rotatable bonds is 5. The molecule has 1 unspecified atom stereocenters. The van der Waals surface area contributed by atoms with Gasteiger partial charge in [-0.1, -0.05) is 12.1 Å². The first-order valence-corrected chi connectivity index (χ1v) is 6.14. The van der Waals surface area contributed by atoms with Crippen LogP contribution in [0.15, 0.2) is 30.6 Å². The van der Waals surface area contributed by atoms with E-state index in [-0.39, 0.29) is 6.10 Å². The van der Waals surface area contributed by atoms with Gasteiger partial charge in [0.05, 0.1) is 30.0 Å². The first kappa shape index (κ1) is 10.7. The fraction of sp³-hybridized carbons (Fsp3) is 0.462. The third-order valence-electron chi connectivity index (χ3n) is 3.15. The van der Waals surface area contributed by atoms with Crippen molar-refractivity contribution in [2.45, 2.75) is 31.5 Å². The first-order valence-electron chi connectivity index (χ1n) is 6.14. The second-order valence-electron chi connectivity index (χ2n) is 4.72. The van der Waals surface area contributed by atoms with E-state index in [0.29, 0.717) is 19.1 Å². The number of aliphatic hydroxyl groups is 1. The van der Waals surface area contributed by atoms with Crippen LogP contribution in [0, 0.1) is 0 Å². The maximum absolute atomic E-state index is 9.95. The number of para-hydroxylation sites is 2. The number of hydrogen-bond donors (Lipinski definition) is 2. The van der Waals surface area contributed by atoms with Gasteiger partial charge in [-0.15, -0.1) is 0 Å². The molecule has 0 amide bonds. The van der Waals surface area contributed by atoms with Gasteiger partial charge in [0.15, 0.2) is 0 Å². The molecule has 2 aromatic rings. The Hall–Kier alpha value is -1.39. The van der Waals surface area contributed by atoms with Crippen molar-refractivity contribution < 1.29 is 5.11 Å². The summed E-state index contributed by atoms with van der Waals surface area (Å²) in [5, 5.41) is 13.3. The number of aliphatic hydroxyl groups excluding tert-OH is 1. The molecule has 1 aromatic carbocycles. The van der Waals surface area contributed by atoms with Gasteiger partial charge in [0, 0.05) is 12.6 Å². The molecule has 90 valence electrons. The average molecular weight is 231 g/mol. The molecule has 17 heavy (non-hydrogen) atoms. The van der Waals surface area contributed by atoms with Crippen molar-refractivity contribution >= 4 is 11.0 Å². The van der Waals surface area contributed by atoms with Crippen LogP contribution >= 0.6 is 0 Å². The Morgan fingerprint density at radius 2 is 2.24 bits per heavy atom. The molecule has 1 atom stereocenters. The molecule has 0 radical (unpaired) electrons. The number of fused-ring (bicyclic) bond motifs is 1. The number of nitrogens with zero attached hydrogens (tertiary/aromatic N) is 2. The summed E-state index contributed by atoms with van der Waals surface area (Å²) in [6, 6.07) is 8.63. The van der Waals surface area contributed by atoms with Crippen molar-refractivity contribution in [3.05, 3.63) is 30.6 Å². The highest BCUT2D eigenvalue weighted by molar-refractivity contribution is 5.74. The lowest BCUT2D eigenvalue weighted by Crippen LogP contribution is -2.31. The standard InChI is InChI=1S/C13H17N3O/c17-11(7-14-10-5-6-10)8-16-9-15-12-3-1-2-4-13(12)16/h1-4,9-11,14,17H,5-8H2. The minimum absolute atomic E-state index is 0.354. The molecule has 1 heterocycles. The third kappa shape index (κ3) is 2.48. The van der Waals surface area contributed by atoms with Gasteiger partial charge in [0.2, 0.25) is 0 Å². The van der Waals surface area contributed by atoms with Gasteiger partial charge in [-0.05, 0) is 25.0 Å². The van der Waals surface area contributed by atoms with Crippen LogP contribution in [0.1, 0.15) is 12.8 Å². The monoisotopic (exact) mass is 231 g/mol. The Bertz CT molecular complexity index is 504. The molecule has 1 fully saturated rings. The van der Waals surface area contributed by atoms with Crippen LogP contribution in [0.5, 0.6) is 0 Å². The normalized spacial score (nSPS) is 17.5. The van der Waals surface area contributed by atoms with E-state index >= 15 is 0 Å². The summed E-state index contributed by atoms with van der Waals surface area (Å²) in [6.45, 7) is 1.26. The van der Waals surface area contributed by atoms with Gasteiger partial charge >= 0.3 is 0 Å². The highest BCUT2D eigenvalue weighted by Gasteiger charge is 2.21. The van der Waals surface area contributed by atoms with Crippen LogP contribution in [0.3, 0.4) is 0 Å². The first-order chi connectivity index (χ1) is 8.33. The van der Waals surface area contributed by atoms with E-state index < -0.39 is 0 Å². The van der Waals surface area contributed by atoms with Gasteiger partial charge in [0.25, 0.3) is 0 Å². The van der Waals surface area contributed by atoms with Crippen LogP contribution < -0.4 is 5.32 Å². The Kier molecular flexibility index (Phi) is 2.82. The summed E-state index contributed by atoms with van der Waals surface area (Å²) in [5.41, 5.74) is 2.06. The number of nitrogens with one attached hydrogen (secondary N) is 1. The van der Waals surface area contributed by atoms with Crippen molar-refractivity contribution in [3.8, 4) is 0 Å². The summed E-state index contributed by atoms with van der Waals surface area (Å²) < 4.78 is 2.01. The van der Waals surface area contributed by atoms with E-state index in [1.54, 1.807) is 6.33 Å². The van der Waals surface area contributed by atoms with E-state index in [4.69, 9.17) is 0 Å². The molecule has 0 aliphatic heterocycles. The zero-order valence-corrected chi connectivity index (χ0v) is 9.71. The molecular formula is C13H17N3O. The second kappa shape index (κ2) is 4.47. The summed E-state index contributed by atoms with van der Waals surface area (Å²) in [4.78, 5) is 4.31. The lowest BCUT2D eigenvalue weighted by Gasteiger charge is -2.12. The van der Waals surface area contributed by atoms with Gasteiger partial charge < -0.3 is 15.0 Å². The summed E-state index contributed by atoms with van der Waals surface area (Å²) in [7, 11) is 0. The highest BCUT2D eigenvalue weighted by Crippen LogP contribution is 2.18. The lowest BCUT2D eigenvalue weighted by molar-refractivity contribution is 0.152. The van der Waals surface area contributed by atoms with Crippen molar-refractivity contribution in [3.63, 3.8) is 0 Å². The molecule has 0 spiro atoms. The Balaban J connectivity index is 1.66. The summed E-state index contributed by atoms with van der Waals surface area (Å²) >= 11 is 0. The molecular weight excluding hydrogens is 214 g/mol. The predicted octanol–water partition coefficient (Wildman–Crippen LogP) is 1.15. The van der Waals surface area contributed by atoms with E-state index in [2.05, 4.69) is 10.3 Å². The molecule has 3 rings (SSSR count). The smallest absolute Gasteiger partial charge is 0.0959 e. The fourth-order valence-corrected chi connectivity index (χ4v) is 2.04. The lowest BCUT2D eigenvalue weighted by atomic mass is 10.3.